The van der Waals surface area contributed by atoms with Gasteiger partial charge in [0.1, 0.15) is 0 Å². The highest BCUT2D eigenvalue weighted by atomic mass is 16.1. The van der Waals surface area contributed by atoms with Gasteiger partial charge in [0.2, 0.25) is 5.91 Å². The second kappa shape index (κ2) is 10.9. The number of nitrogens with one attached hydrogen (secondary N) is 1. The molecule has 1 N–H and O–H groups in total. The van der Waals surface area contributed by atoms with E-state index in [0.29, 0.717) is 6.54 Å². The Bertz CT molecular complexity index is 1150. The average Bonchev–Trinajstić information content (AvgIpc) is 3.28. The van der Waals surface area contributed by atoms with Gasteiger partial charge in [-0.15, -0.1) is 0 Å². The first-order valence-corrected chi connectivity index (χ1v) is 10.8. The highest BCUT2D eigenvalue weighted by Gasteiger charge is 2.14. The number of hydrogen-bond donors (Lipinski definition) is 1. The zero-order chi connectivity index (χ0) is 22.0. The fourth-order valence-electron chi connectivity index (χ4n) is 3.58. The predicted molar refractivity (Wildman–Crippen MR) is 129 cm³/mol. The van der Waals surface area contributed by atoms with Crippen molar-refractivity contribution in [1.82, 2.24) is 19.9 Å². The second-order valence-electron chi connectivity index (χ2n) is 7.49. The van der Waals surface area contributed by atoms with E-state index in [0.717, 1.165) is 47.5 Å². The van der Waals surface area contributed by atoms with Gasteiger partial charge in [-0.05, 0) is 30.5 Å². The monoisotopic (exact) mass is 422 g/mol. The van der Waals surface area contributed by atoms with Crippen LogP contribution in [0.5, 0.6) is 0 Å². The summed E-state index contributed by atoms with van der Waals surface area (Å²) in [7, 11) is 0. The van der Waals surface area contributed by atoms with Gasteiger partial charge in [-0.1, -0.05) is 66.7 Å². The zero-order valence-corrected chi connectivity index (χ0v) is 17.9. The zero-order valence-electron chi connectivity index (χ0n) is 17.9. The van der Waals surface area contributed by atoms with E-state index in [1.165, 1.54) is 0 Å². The summed E-state index contributed by atoms with van der Waals surface area (Å²) in [6, 6.07) is 24.4. The Balaban J connectivity index is 1.35. The Hall–Kier alpha value is -3.99. The minimum absolute atomic E-state index is 0.0900. The van der Waals surface area contributed by atoms with E-state index in [2.05, 4.69) is 51.3 Å². The molecule has 5 heteroatoms. The number of imidazole rings is 1. The third-order valence-corrected chi connectivity index (χ3v) is 5.17. The summed E-state index contributed by atoms with van der Waals surface area (Å²) in [5, 5.41) is 2.95. The fourth-order valence-corrected chi connectivity index (χ4v) is 3.58. The molecular formula is C27H26N4O. The summed E-state index contributed by atoms with van der Waals surface area (Å²) in [6.07, 6.45) is 10.5. The van der Waals surface area contributed by atoms with Gasteiger partial charge < -0.3 is 9.88 Å². The van der Waals surface area contributed by atoms with Crippen LogP contribution in [0.4, 0.5) is 0 Å². The number of rotatable bonds is 9. The molecule has 0 aliphatic heterocycles. The van der Waals surface area contributed by atoms with E-state index >= 15 is 0 Å². The van der Waals surface area contributed by atoms with Crippen LogP contribution >= 0.6 is 0 Å². The third-order valence-electron chi connectivity index (χ3n) is 5.17. The Kier molecular flexibility index (Phi) is 7.21. The smallest absolute Gasteiger partial charge is 0.243 e. The van der Waals surface area contributed by atoms with Crippen molar-refractivity contribution in [3.63, 3.8) is 0 Å². The van der Waals surface area contributed by atoms with Crippen LogP contribution in [-0.4, -0.2) is 27.0 Å². The van der Waals surface area contributed by atoms with Crippen molar-refractivity contribution in [2.24, 2.45) is 0 Å². The van der Waals surface area contributed by atoms with Crippen LogP contribution in [0.3, 0.4) is 0 Å². The number of aryl methyl sites for hydroxylation is 1. The van der Waals surface area contributed by atoms with E-state index in [1.54, 1.807) is 24.5 Å². The lowest BCUT2D eigenvalue weighted by Gasteiger charge is -2.11. The molecule has 4 rings (SSSR count). The average molecular weight is 423 g/mol. The number of unbranched alkanes of at least 4 members (excludes halogenated alkanes) is 1. The topological polar surface area (TPSA) is 59.8 Å². The van der Waals surface area contributed by atoms with Gasteiger partial charge in [0.05, 0.1) is 17.7 Å². The largest absolute Gasteiger partial charge is 0.353 e. The maximum absolute atomic E-state index is 12.0. The fraction of sp³-hybridized carbons (Fsp3) is 0.148. The predicted octanol–water partition coefficient (Wildman–Crippen LogP) is 5.22. The van der Waals surface area contributed by atoms with Crippen LogP contribution in [0, 0.1) is 0 Å². The van der Waals surface area contributed by atoms with E-state index in [1.807, 2.05) is 42.7 Å². The Morgan fingerprint density at radius 3 is 2.38 bits per heavy atom. The van der Waals surface area contributed by atoms with E-state index in [9.17, 15) is 4.79 Å². The van der Waals surface area contributed by atoms with Crippen LogP contribution in [0.15, 0.2) is 97.6 Å². The van der Waals surface area contributed by atoms with E-state index in [4.69, 9.17) is 4.98 Å². The normalized spacial score (nSPS) is 11.0. The lowest BCUT2D eigenvalue weighted by Crippen LogP contribution is -2.22. The lowest BCUT2D eigenvalue weighted by atomic mass is 10.0. The first-order chi connectivity index (χ1) is 15.8. The maximum atomic E-state index is 12.0. The molecule has 0 fully saturated rings. The van der Waals surface area contributed by atoms with Crippen LogP contribution in [0.25, 0.3) is 28.6 Å². The molecule has 4 aromatic rings. The molecule has 2 heterocycles. The SMILES string of the molecule is O=C(C=Cc1cccnc1)NCCCCn1cnc(-c2ccccc2)c1-c1ccccc1. The minimum atomic E-state index is -0.0900. The standard InChI is InChI=1S/C27H26N4O/c32-25(16-15-22-10-9-17-28-20-22)29-18-7-8-19-31-21-30-26(23-11-3-1-4-12-23)27(31)24-13-5-2-6-14-24/h1-6,9-17,20-21H,7-8,18-19H2,(H,29,32). The Labute approximate surface area is 188 Å². The summed E-state index contributed by atoms with van der Waals surface area (Å²) >= 11 is 0. The third kappa shape index (κ3) is 5.58. The molecule has 0 spiro atoms. The molecule has 1 amide bonds. The summed E-state index contributed by atoms with van der Waals surface area (Å²) < 4.78 is 2.21. The molecule has 0 radical (unpaired) electrons. The van der Waals surface area contributed by atoms with Gasteiger partial charge in [0.15, 0.2) is 0 Å². The van der Waals surface area contributed by atoms with Crippen LogP contribution in [0.1, 0.15) is 18.4 Å². The molecule has 5 nitrogen and oxygen atoms in total. The molecule has 2 aromatic carbocycles. The molecule has 0 aliphatic rings. The van der Waals surface area contributed by atoms with Crippen molar-refractivity contribution >= 4 is 12.0 Å². The van der Waals surface area contributed by atoms with Crippen LogP contribution in [-0.2, 0) is 11.3 Å². The number of carbonyl (C=O) groups is 1. The van der Waals surface area contributed by atoms with Crippen LogP contribution < -0.4 is 5.32 Å². The van der Waals surface area contributed by atoms with Crippen molar-refractivity contribution in [3.05, 3.63) is 103 Å². The molecule has 160 valence electrons. The number of benzene rings is 2. The molecule has 0 unspecified atom stereocenters. The summed E-state index contributed by atoms with van der Waals surface area (Å²) in [4.78, 5) is 20.8. The molecule has 0 aliphatic carbocycles. The summed E-state index contributed by atoms with van der Waals surface area (Å²) in [5.41, 5.74) is 5.28. The van der Waals surface area contributed by atoms with E-state index in [-0.39, 0.29) is 5.91 Å². The van der Waals surface area contributed by atoms with Gasteiger partial charge in [-0.25, -0.2) is 4.98 Å². The van der Waals surface area contributed by atoms with Crippen molar-refractivity contribution in [3.8, 4) is 22.5 Å². The maximum Gasteiger partial charge on any atom is 0.243 e. The quantitative estimate of drug-likeness (QED) is 0.297. The molecule has 32 heavy (non-hydrogen) atoms. The van der Waals surface area contributed by atoms with Crippen molar-refractivity contribution in [2.75, 3.05) is 6.54 Å². The molecular weight excluding hydrogens is 396 g/mol. The number of aromatic nitrogens is 3. The Morgan fingerprint density at radius 2 is 1.66 bits per heavy atom. The molecule has 0 saturated heterocycles. The highest BCUT2D eigenvalue weighted by molar-refractivity contribution is 5.91. The summed E-state index contributed by atoms with van der Waals surface area (Å²) in [6.45, 7) is 1.47. The molecule has 0 atom stereocenters. The van der Waals surface area contributed by atoms with Gasteiger partial charge in [-0.3, -0.25) is 9.78 Å². The Morgan fingerprint density at radius 1 is 0.906 bits per heavy atom. The number of carbonyl (C=O) groups excluding carboxylic acids is 1. The molecule has 0 saturated carbocycles. The van der Waals surface area contributed by atoms with Gasteiger partial charge in [0.25, 0.3) is 0 Å². The number of nitrogens with zero attached hydrogens (tertiary/aromatic N) is 3. The lowest BCUT2D eigenvalue weighted by molar-refractivity contribution is -0.116. The van der Waals surface area contributed by atoms with Gasteiger partial charge in [0, 0.05) is 42.7 Å². The number of amides is 1. The van der Waals surface area contributed by atoms with Crippen molar-refractivity contribution in [2.45, 2.75) is 19.4 Å². The van der Waals surface area contributed by atoms with Gasteiger partial charge in [-0.2, -0.15) is 0 Å². The van der Waals surface area contributed by atoms with Crippen molar-refractivity contribution < 1.29 is 4.79 Å². The first-order valence-electron chi connectivity index (χ1n) is 10.8. The summed E-state index contributed by atoms with van der Waals surface area (Å²) in [5.74, 6) is -0.0900. The minimum Gasteiger partial charge on any atom is -0.353 e. The molecule has 2 aromatic heterocycles. The highest BCUT2D eigenvalue weighted by Crippen LogP contribution is 2.31. The van der Waals surface area contributed by atoms with Gasteiger partial charge >= 0.3 is 0 Å². The molecule has 0 bridgehead atoms. The number of pyridine rings is 1. The van der Waals surface area contributed by atoms with Crippen LogP contribution in [0.2, 0.25) is 0 Å². The van der Waals surface area contributed by atoms with Crippen molar-refractivity contribution in [1.29, 1.82) is 0 Å². The first kappa shape index (κ1) is 21.2. The second-order valence-corrected chi connectivity index (χ2v) is 7.49. The number of hydrogen-bond acceptors (Lipinski definition) is 3. The van der Waals surface area contributed by atoms with E-state index < -0.39 is 0 Å².